The van der Waals surface area contributed by atoms with Crippen molar-refractivity contribution in [2.45, 2.75) is 69.2 Å². The van der Waals surface area contributed by atoms with E-state index in [0.29, 0.717) is 28.8 Å². The minimum Gasteiger partial charge on any atom is -0.799 e. The van der Waals surface area contributed by atoms with Crippen LogP contribution in [-0.2, 0) is 14.6 Å². The van der Waals surface area contributed by atoms with Gasteiger partial charge in [-0.05, 0) is 85.4 Å². The third-order valence-electron chi connectivity index (χ3n) is 7.92. The van der Waals surface area contributed by atoms with Crippen molar-refractivity contribution in [1.29, 1.82) is 0 Å². The molecule has 0 heterocycles. The summed E-state index contributed by atoms with van der Waals surface area (Å²) in [5, 5.41) is 0. The van der Waals surface area contributed by atoms with Crippen molar-refractivity contribution in [2.24, 2.45) is 17.8 Å². The Morgan fingerprint density at radius 1 is 0.914 bits per heavy atom. The number of hydrogen-bond acceptors (Lipinski definition) is 4. The molecule has 2 fully saturated rings. The zero-order valence-corrected chi connectivity index (χ0v) is 24.8. The number of unbranched alkanes of at least 4 members (excludes halogenated alkanes) is 3. The van der Waals surface area contributed by atoms with Gasteiger partial charge in [0.1, 0.15) is 0 Å². The Morgan fingerprint density at radius 2 is 1.54 bits per heavy atom. The fourth-order valence-electron chi connectivity index (χ4n) is 5.96. The minimum atomic E-state index is -3.57. The van der Waals surface area contributed by atoms with Crippen LogP contribution in [0.15, 0.2) is 59.5 Å². The summed E-state index contributed by atoms with van der Waals surface area (Å²) in [6, 6.07) is 17.1. The van der Waals surface area contributed by atoms with Crippen molar-refractivity contribution in [3.05, 3.63) is 54.6 Å². The molecular formula is C27H37NNaO4PS. The van der Waals surface area contributed by atoms with Crippen molar-refractivity contribution in [3.8, 4) is 11.1 Å². The first-order valence-electron chi connectivity index (χ1n) is 12.8. The number of sulfonamides is 1. The summed E-state index contributed by atoms with van der Waals surface area (Å²) >= 11 is 0. The molecule has 35 heavy (non-hydrogen) atoms. The van der Waals surface area contributed by atoms with E-state index in [-0.39, 0.29) is 41.8 Å². The molecule has 0 aromatic heterocycles. The molecule has 2 aliphatic carbocycles. The van der Waals surface area contributed by atoms with Crippen LogP contribution in [0.3, 0.4) is 0 Å². The summed E-state index contributed by atoms with van der Waals surface area (Å²) in [5.74, 6) is 1.43. The predicted molar refractivity (Wildman–Crippen MR) is 136 cm³/mol. The number of nitrogens with one attached hydrogen (secondary N) is 1. The van der Waals surface area contributed by atoms with Crippen molar-refractivity contribution < 1.29 is 47.4 Å². The molecule has 5 atom stereocenters. The van der Waals surface area contributed by atoms with Gasteiger partial charge in [0.05, 0.1) is 4.90 Å². The Balaban J connectivity index is 0.00000342. The molecule has 0 amide bonds. The minimum absolute atomic E-state index is 0. The summed E-state index contributed by atoms with van der Waals surface area (Å²) in [7, 11) is -6.73. The summed E-state index contributed by atoms with van der Waals surface area (Å²) < 4.78 is 41.2. The zero-order chi connectivity index (χ0) is 24.2. The second-order valence-corrected chi connectivity index (χ2v) is 14.5. The third-order valence-corrected chi connectivity index (χ3v) is 11.4. The van der Waals surface area contributed by atoms with Crippen LogP contribution < -0.4 is 39.2 Å². The van der Waals surface area contributed by atoms with Crippen LogP contribution in [0.5, 0.6) is 0 Å². The molecule has 4 unspecified atom stereocenters. The molecule has 2 aliphatic rings. The van der Waals surface area contributed by atoms with Gasteiger partial charge in [-0.15, -0.1) is 0 Å². The van der Waals surface area contributed by atoms with Crippen LogP contribution in [0.2, 0.25) is 0 Å². The van der Waals surface area contributed by atoms with E-state index in [0.717, 1.165) is 56.1 Å². The smallest absolute Gasteiger partial charge is 0.799 e. The van der Waals surface area contributed by atoms with E-state index in [1.807, 2.05) is 42.5 Å². The molecule has 4 rings (SSSR count). The quantitative estimate of drug-likeness (QED) is 0.262. The van der Waals surface area contributed by atoms with Gasteiger partial charge in [-0.25, -0.2) is 13.1 Å². The van der Waals surface area contributed by atoms with E-state index in [2.05, 4.69) is 4.72 Å². The number of hydrogen-bond donors (Lipinski definition) is 1. The predicted octanol–water partition coefficient (Wildman–Crippen LogP) is 2.66. The SMILES string of the molecule is CCP(=O)([O-])CCCCCCC1C(NS(=O)(=O)c2ccc(-c3ccccc3)cc2)C2CC[C@@H]1C2.[Na+]. The monoisotopic (exact) mass is 525 g/mol. The molecule has 0 spiro atoms. The van der Waals surface area contributed by atoms with Gasteiger partial charge >= 0.3 is 29.6 Å². The Kier molecular flexibility index (Phi) is 10.7. The molecule has 0 saturated heterocycles. The van der Waals surface area contributed by atoms with E-state index in [1.165, 1.54) is 6.42 Å². The maximum absolute atomic E-state index is 13.2. The molecule has 0 aliphatic heterocycles. The van der Waals surface area contributed by atoms with Crippen molar-refractivity contribution >= 4 is 17.4 Å². The van der Waals surface area contributed by atoms with Crippen LogP contribution in [0.1, 0.15) is 58.3 Å². The molecule has 2 saturated carbocycles. The summed E-state index contributed by atoms with van der Waals surface area (Å²) in [4.78, 5) is 12.0. The van der Waals surface area contributed by atoms with Gasteiger partial charge < -0.3 is 9.46 Å². The second kappa shape index (κ2) is 12.9. The molecule has 5 nitrogen and oxygen atoms in total. The van der Waals surface area contributed by atoms with Crippen LogP contribution in [0.25, 0.3) is 11.1 Å². The van der Waals surface area contributed by atoms with Gasteiger partial charge in [0.2, 0.25) is 10.0 Å². The van der Waals surface area contributed by atoms with Gasteiger partial charge in [-0.3, -0.25) is 0 Å². The number of rotatable bonds is 12. The van der Waals surface area contributed by atoms with Crippen molar-refractivity contribution in [3.63, 3.8) is 0 Å². The molecule has 186 valence electrons. The average Bonchev–Trinajstić information content (AvgIpc) is 3.44. The van der Waals surface area contributed by atoms with Gasteiger partial charge in [0.15, 0.2) is 0 Å². The first-order valence-corrected chi connectivity index (χ1v) is 16.2. The first kappa shape index (κ1) is 29.1. The molecular weight excluding hydrogens is 488 g/mol. The maximum atomic E-state index is 13.2. The number of benzene rings is 2. The maximum Gasteiger partial charge on any atom is 1.00 e. The second-order valence-electron chi connectivity index (χ2n) is 10.1. The van der Waals surface area contributed by atoms with Crippen LogP contribution >= 0.6 is 7.37 Å². The zero-order valence-electron chi connectivity index (χ0n) is 21.1. The number of fused-ring (bicyclic) bond motifs is 2. The third kappa shape index (κ3) is 7.54. The van der Waals surface area contributed by atoms with Crippen LogP contribution in [0, 0.1) is 17.8 Å². The van der Waals surface area contributed by atoms with Gasteiger partial charge in [0, 0.05) is 13.4 Å². The largest absolute Gasteiger partial charge is 1.00 e. The van der Waals surface area contributed by atoms with Crippen molar-refractivity contribution in [1.82, 2.24) is 4.72 Å². The van der Waals surface area contributed by atoms with E-state index < -0.39 is 17.4 Å². The summed E-state index contributed by atoms with van der Waals surface area (Å²) in [5.41, 5.74) is 2.07. The summed E-state index contributed by atoms with van der Waals surface area (Å²) in [6.07, 6.45) is 8.72. The fraction of sp³-hybridized carbons (Fsp3) is 0.556. The van der Waals surface area contributed by atoms with Crippen LogP contribution in [0.4, 0.5) is 0 Å². The topological polar surface area (TPSA) is 86.3 Å². The average molecular weight is 526 g/mol. The Bertz CT molecular complexity index is 1090. The van der Waals surface area contributed by atoms with Crippen molar-refractivity contribution in [2.75, 3.05) is 12.3 Å². The molecule has 2 aromatic rings. The molecule has 2 bridgehead atoms. The van der Waals surface area contributed by atoms with E-state index in [1.54, 1.807) is 19.1 Å². The van der Waals surface area contributed by atoms with E-state index in [4.69, 9.17) is 0 Å². The Hall–Kier alpha value is -0.460. The molecule has 2 aromatic carbocycles. The Labute approximate surface area is 233 Å². The van der Waals surface area contributed by atoms with E-state index in [9.17, 15) is 17.9 Å². The van der Waals surface area contributed by atoms with Gasteiger partial charge in [-0.1, -0.05) is 68.7 Å². The normalized spacial score (nSPS) is 25.2. The van der Waals surface area contributed by atoms with Crippen LogP contribution in [-0.4, -0.2) is 26.8 Å². The summed E-state index contributed by atoms with van der Waals surface area (Å²) in [6.45, 7) is 1.71. The molecule has 8 heteroatoms. The van der Waals surface area contributed by atoms with Gasteiger partial charge in [0.25, 0.3) is 0 Å². The Morgan fingerprint density at radius 3 is 2.23 bits per heavy atom. The fourth-order valence-corrected chi connectivity index (χ4v) is 8.34. The standard InChI is InChI=1S/C27H38NO4PS.Na/c1-2-33(29,30)19-9-4-3-8-12-26-23-13-14-24(20-23)27(26)28-34(31,32)25-17-15-22(16-18-25)21-10-6-5-7-11-21;/h5-7,10-11,15-18,23-24,26-28H,2-4,8-9,12-14,19-20H2,1H3,(H,29,30);/q;+1/p-1/t23-,24?,26?,27?;/m1./s1. The van der Waals surface area contributed by atoms with Gasteiger partial charge in [-0.2, -0.15) is 0 Å². The molecule has 0 radical (unpaired) electrons. The molecule has 1 N–H and O–H groups in total. The first-order chi connectivity index (χ1) is 16.3. The van der Waals surface area contributed by atoms with E-state index >= 15 is 0 Å².